The Hall–Kier alpha value is -3.93. The van der Waals surface area contributed by atoms with Crippen molar-refractivity contribution in [3.8, 4) is 0 Å². The van der Waals surface area contributed by atoms with Crippen molar-refractivity contribution in [3.63, 3.8) is 0 Å². The lowest BCUT2D eigenvalue weighted by Crippen LogP contribution is -2.42. The van der Waals surface area contributed by atoms with Crippen LogP contribution >= 0.6 is 0 Å². The number of hydrogen-bond donors (Lipinski definition) is 2. The minimum absolute atomic E-state index is 0.249. The van der Waals surface area contributed by atoms with Gasteiger partial charge >= 0.3 is 5.91 Å². The number of amides is 2. The minimum Gasteiger partial charge on any atom is -0.378 e. The number of hydrogen-bond acceptors (Lipinski definition) is 3. The lowest BCUT2D eigenvalue weighted by atomic mass is 9.98. The van der Waals surface area contributed by atoms with Crippen molar-refractivity contribution in [2.75, 3.05) is 19.0 Å². The predicted molar refractivity (Wildman–Crippen MR) is 126 cm³/mol. The van der Waals surface area contributed by atoms with Crippen molar-refractivity contribution in [2.24, 2.45) is 0 Å². The molecule has 6 heteroatoms. The van der Waals surface area contributed by atoms with Crippen LogP contribution in [0, 0.1) is 6.92 Å². The average molecular weight is 428 g/mol. The predicted octanol–water partition coefficient (Wildman–Crippen LogP) is 3.08. The second-order valence-corrected chi connectivity index (χ2v) is 8.17. The van der Waals surface area contributed by atoms with Gasteiger partial charge in [-0.25, -0.2) is 0 Å². The molecule has 32 heavy (non-hydrogen) atoms. The van der Waals surface area contributed by atoms with E-state index in [0.29, 0.717) is 5.56 Å². The van der Waals surface area contributed by atoms with E-state index in [1.54, 1.807) is 28.9 Å². The van der Waals surface area contributed by atoms with Crippen LogP contribution in [0.15, 0.2) is 78.9 Å². The summed E-state index contributed by atoms with van der Waals surface area (Å²) in [5.41, 5.74) is 7.55. The molecule has 1 fully saturated rings. The summed E-state index contributed by atoms with van der Waals surface area (Å²) in [6.45, 7) is 2.02. The number of carbonyl (C=O) groups excluding carboxylic acids is 2. The fraction of sp³-hybridized carbons (Fsp3) is 0.192. The molecule has 0 saturated carbocycles. The standard InChI is InChI=1S/C26H26N4O2/c1-18-9-13-20(14-10-18)24-23(27-25(31)21-7-5-4-6-8-21)26(32)28-30(24)17-19-11-15-22(16-12-19)29(2)3/h4-17,23-24H,1-3H3,(H-,27,28,31,32)/p+1/t23-,24+/m0/s1. The molecule has 0 radical (unpaired) electrons. The fourth-order valence-corrected chi connectivity index (χ4v) is 3.78. The Bertz CT molecular complexity index is 1140. The summed E-state index contributed by atoms with van der Waals surface area (Å²) in [6.07, 6.45) is 1.90. The average Bonchev–Trinajstić information content (AvgIpc) is 3.09. The molecule has 162 valence electrons. The van der Waals surface area contributed by atoms with E-state index in [9.17, 15) is 9.59 Å². The van der Waals surface area contributed by atoms with Gasteiger partial charge in [-0.3, -0.25) is 9.59 Å². The molecule has 1 aliphatic heterocycles. The van der Waals surface area contributed by atoms with Crippen LogP contribution < -0.4 is 15.6 Å². The molecule has 1 heterocycles. The van der Waals surface area contributed by atoms with Gasteiger partial charge in [0, 0.05) is 36.5 Å². The highest BCUT2D eigenvalue weighted by Gasteiger charge is 2.47. The summed E-state index contributed by atoms with van der Waals surface area (Å²) in [7, 11) is 3.99. The Morgan fingerprint density at radius 2 is 1.62 bits per heavy atom. The van der Waals surface area contributed by atoms with E-state index >= 15 is 0 Å². The molecule has 3 aromatic carbocycles. The Morgan fingerprint density at radius 3 is 2.25 bits per heavy atom. The second kappa shape index (κ2) is 9.06. The lowest BCUT2D eigenvalue weighted by molar-refractivity contribution is -0.596. The smallest absolute Gasteiger partial charge is 0.304 e. The molecule has 0 unspecified atom stereocenters. The van der Waals surface area contributed by atoms with E-state index in [1.807, 2.05) is 86.7 Å². The van der Waals surface area contributed by atoms with Gasteiger partial charge in [-0.1, -0.05) is 48.0 Å². The first-order chi connectivity index (χ1) is 15.4. The molecule has 0 aliphatic carbocycles. The third kappa shape index (κ3) is 4.54. The van der Waals surface area contributed by atoms with Gasteiger partial charge in [-0.05, 0) is 43.3 Å². The van der Waals surface area contributed by atoms with Crippen molar-refractivity contribution >= 4 is 23.7 Å². The third-order valence-corrected chi connectivity index (χ3v) is 5.58. The van der Waals surface area contributed by atoms with Gasteiger partial charge in [0.25, 0.3) is 5.91 Å². The molecular weight excluding hydrogens is 400 g/mol. The molecule has 2 N–H and O–H groups in total. The Morgan fingerprint density at radius 1 is 0.969 bits per heavy atom. The maximum atomic E-state index is 12.9. The first-order valence-corrected chi connectivity index (χ1v) is 10.6. The van der Waals surface area contributed by atoms with Gasteiger partial charge in [0.1, 0.15) is 0 Å². The monoisotopic (exact) mass is 427 g/mol. The summed E-state index contributed by atoms with van der Waals surface area (Å²) in [5.74, 6) is -0.527. The first-order valence-electron chi connectivity index (χ1n) is 10.6. The number of rotatable bonds is 5. The van der Waals surface area contributed by atoms with Crippen molar-refractivity contribution in [3.05, 3.63) is 101 Å². The summed E-state index contributed by atoms with van der Waals surface area (Å²) in [5, 5.41) is 2.93. The zero-order chi connectivity index (χ0) is 22.7. The van der Waals surface area contributed by atoms with E-state index in [1.165, 1.54) is 0 Å². The number of benzene rings is 3. The minimum atomic E-state index is -0.734. The van der Waals surface area contributed by atoms with Crippen molar-refractivity contribution in [2.45, 2.75) is 19.0 Å². The van der Waals surface area contributed by atoms with E-state index < -0.39 is 6.04 Å². The second-order valence-electron chi connectivity index (χ2n) is 8.17. The third-order valence-electron chi connectivity index (χ3n) is 5.58. The quantitative estimate of drug-likeness (QED) is 0.615. The van der Waals surface area contributed by atoms with Crippen LogP contribution in [-0.4, -0.2) is 42.9 Å². The zero-order valence-electron chi connectivity index (χ0n) is 18.4. The largest absolute Gasteiger partial charge is 0.378 e. The lowest BCUT2D eigenvalue weighted by Gasteiger charge is -2.15. The highest BCUT2D eigenvalue weighted by atomic mass is 16.2. The van der Waals surface area contributed by atoms with Gasteiger partial charge in [0.05, 0.1) is 0 Å². The van der Waals surface area contributed by atoms with E-state index in [-0.39, 0.29) is 17.9 Å². The Labute approximate surface area is 188 Å². The van der Waals surface area contributed by atoms with E-state index in [2.05, 4.69) is 10.7 Å². The van der Waals surface area contributed by atoms with E-state index in [0.717, 1.165) is 22.4 Å². The molecule has 6 nitrogen and oxygen atoms in total. The molecule has 2 atom stereocenters. The number of anilines is 1. The number of carbonyl (C=O) groups is 2. The highest BCUT2D eigenvalue weighted by Crippen LogP contribution is 2.26. The SMILES string of the molecule is Cc1ccc([C@@H]2[C@H](NC(=O)c3ccccc3)C(=O)N/[N+]2=C\c2ccc(N(C)C)cc2)cc1. The van der Waals surface area contributed by atoms with Crippen LogP contribution in [0.2, 0.25) is 0 Å². The fourth-order valence-electron chi connectivity index (χ4n) is 3.78. The molecule has 1 saturated heterocycles. The maximum Gasteiger partial charge on any atom is 0.304 e. The maximum absolute atomic E-state index is 12.9. The molecular formula is C26H27N4O2+. The molecule has 3 aromatic rings. The van der Waals surface area contributed by atoms with Crippen molar-refractivity contribution in [1.29, 1.82) is 0 Å². The molecule has 0 bridgehead atoms. The van der Waals surface area contributed by atoms with Crippen LogP contribution in [0.1, 0.15) is 33.1 Å². The van der Waals surface area contributed by atoms with Gasteiger partial charge in [-0.2, -0.15) is 0 Å². The number of hydrazine groups is 1. The van der Waals surface area contributed by atoms with Gasteiger partial charge in [-0.15, -0.1) is 10.1 Å². The van der Waals surface area contributed by atoms with E-state index in [4.69, 9.17) is 0 Å². The number of aryl methyl sites for hydroxylation is 1. The van der Waals surface area contributed by atoms with Crippen LogP contribution in [0.4, 0.5) is 5.69 Å². The molecule has 1 aliphatic rings. The van der Waals surface area contributed by atoms with Crippen LogP contribution in [0.5, 0.6) is 0 Å². The van der Waals surface area contributed by atoms with Crippen LogP contribution in [0.3, 0.4) is 0 Å². The van der Waals surface area contributed by atoms with Gasteiger partial charge in [0.2, 0.25) is 12.3 Å². The Balaban J connectivity index is 1.69. The number of nitrogens with zero attached hydrogens (tertiary/aromatic N) is 2. The first kappa shape index (κ1) is 21.3. The molecule has 2 amide bonds. The van der Waals surface area contributed by atoms with Crippen molar-refractivity contribution in [1.82, 2.24) is 10.7 Å². The highest BCUT2D eigenvalue weighted by molar-refractivity contribution is 5.98. The van der Waals surface area contributed by atoms with Crippen molar-refractivity contribution < 1.29 is 14.3 Å². The van der Waals surface area contributed by atoms with Crippen LogP contribution in [0.25, 0.3) is 0 Å². The summed E-state index contributed by atoms with van der Waals surface area (Å²) >= 11 is 0. The normalized spacial score (nSPS) is 19.0. The molecule has 0 spiro atoms. The summed E-state index contributed by atoms with van der Waals surface area (Å²) in [6, 6.07) is 23.9. The Kier molecular flexibility index (Phi) is 6.03. The zero-order valence-corrected chi connectivity index (χ0v) is 18.4. The van der Waals surface area contributed by atoms with Gasteiger partial charge < -0.3 is 10.2 Å². The number of hydrazone groups is 1. The van der Waals surface area contributed by atoms with Crippen LogP contribution in [-0.2, 0) is 4.79 Å². The summed E-state index contributed by atoms with van der Waals surface area (Å²) < 4.78 is 1.79. The number of nitrogens with one attached hydrogen (secondary N) is 2. The molecule has 4 rings (SSSR count). The summed E-state index contributed by atoms with van der Waals surface area (Å²) in [4.78, 5) is 27.8. The van der Waals surface area contributed by atoms with Gasteiger partial charge in [0.15, 0.2) is 6.04 Å². The molecule has 0 aromatic heterocycles. The topological polar surface area (TPSA) is 64.5 Å².